The SMILES string of the molecule is O=C(N1CCOC[C@H](Cc2cccc3occc23)C1)C1(c2ccc(Cl)cc2)CCOCC1. The Morgan fingerprint density at radius 2 is 1.84 bits per heavy atom. The maximum atomic E-state index is 14.0. The molecule has 6 heteroatoms. The monoisotopic (exact) mass is 453 g/mol. The van der Waals surface area contributed by atoms with E-state index in [9.17, 15) is 4.79 Å². The summed E-state index contributed by atoms with van der Waals surface area (Å²) in [5.74, 6) is 0.407. The average Bonchev–Trinajstić information content (AvgIpc) is 3.19. The molecule has 2 aliphatic rings. The number of fused-ring (bicyclic) bond motifs is 1. The molecule has 3 heterocycles. The number of hydrogen-bond donors (Lipinski definition) is 0. The number of furan rings is 1. The first-order chi connectivity index (χ1) is 15.7. The average molecular weight is 454 g/mol. The van der Waals surface area contributed by atoms with Gasteiger partial charge in [0.15, 0.2) is 0 Å². The molecule has 2 fully saturated rings. The predicted molar refractivity (Wildman–Crippen MR) is 124 cm³/mol. The molecular formula is C26H28ClNO4. The van der Waals surface area contributed by atoms with Crippen LogP contribution in [0.2, 0.25) is 5.02 Å². The molecule has 0 N–H and O–H groups in total. The van der Waals surface area contributed by atoms with Crippen molar-refractivity contribution in [3.8, 4) is 0 Å². The lowest BCUT2D eigenvalue weighted by Gasteiger charge is -2.40. The summed E-state index contributed by atoms with van der Waals surface area (Å²) in [6.45, 7) is 3.68. The number of carbonyl (C=O) groups excluding carboxylic acids is 1. The number of amides is 1. The topological polar surface area (TPSA) is 51.9 Å². The zero-order valence-electron chi connectivity index (χ0n) is 18.1. The van der Waals surface area contributed by atoms with E-state index in [1.165, 1.54) is 5.56 Å². The Bertz CT molecular complexity index is 1070. The maximum absolute atomic E-state index is 14.0. The van der Waals surface area contributed by atoms with Crippen molar-refractivity contribution >= 4 is 28.5 Å². The minimum Gasteiger partial charge on any atom is -0.464 e. The Balaban J connectivity index is 1.40. The largest absolute Gasteiger partial charge is 0.464 e. The van der Waals surface area contributed by atoms with Crippen molar-refractivity contribution in [1.29, 1.82) is 0 Å². The van der Waals surface area contributed by atoms with Gasteiger partial charge < -0.3 is 18.8 Å². The summed E-state index contributed by atoms with van der Waals surface area (Å²) in [5, 5.41) is 1.82. The third kappa shape index (κ3) is 4.17. The molecular weight excluding hydrogens is 426 g/mol. The van der Waals surface area contributed by atoms with Gasteiger partial charge in [-0.05, 0) is 54.7 Å². The molecule has 3 aromatic rings. The smallest absolute Gasteiger partial charge is 0.233 e. The number of nitrogens with zero attached hydrogens (tertiary/aromatic N) is 1. The third-order valence-electron chi connectivity index (χ3n) is 6.87. The van der Waals surface area contributed by atoms with E-state index in [2.05, 4.69) is 6.07 Å². The Morgan fingerprint density at radius 3 is 2.66 bits per heavy atom. The van der Waals surface area contributed by atoms with Gasteiger partial charge in [-0.3, -0.25) is 4.79 Å². The Labute approximate surface area is 193 Å². The lowest BCUT2D eigenvalue weighted by atomic mass is 9.73. The molecule has 2 saturated heterocycles. The van der Waals surface area contributed by atoms with Gasteiger partial charge in [-0.1, -0.05) is 35.9 Å². The summed E-state index contributed by atoms with van der Waals surface area (Å²) in [6.07, 6.45) is 3.94. The van der Waals surface area contributed by atoms with Gasteiger partial charge in [0.1, 0.15) is 5.58 Å². The second-order valence-corrected chi connectivity index (χ2v) is 9.28. The van der Waals surface area contributed by atoms with Crippen LogP contribution in [0, 0.1) is 5.92 Å². The fourth-order valence-electron chi connectivity index (χ4n) is 5.15. The van der Waals surface area contributed by atoms with Crippen molar-refractivity contribution < 1.29 is 18.7 Å². The molecule has 168 valence electrons. The standard InChI is InChI=1S/C26H28ClNO4/c27-22-6-4-21(5-7-22)26(9-13-30-14-10-26)25(29)28-11-15-31-18-19(17-28)16-20-2-1-3-24-23(20)8-12-32-24/h1-8,12,19H,9-11,13-18H2/t19-/m1/s1. The first-order valence-electron chi connectivity index (χ1n) is 11.3. The van der Waals surface area contributed by atoms with Crippen LogP contribution in [0.4, 0.5) is 0 Å². The van der Waals surface area contributed by atoms with E-state index in [1.807, 2.05) is 47.4 Å². The molecule has 1 atom stereocenters. The molecule has 1 aromatic heterocycles. The van der Waals surface area contributed by atoms with Crippen molar-refractivity contribution in [2.75, 3.05) is 39.5 Å². The van der Waals surface area contributed by atoms with Crippen LogP contribution < -0.4 is 0 Å². The van der Waals surface area contributed by atoms with Gasteiger partial charge in [0.25, 0.3) is 0 Å². The number of benzene rings is 2. The van der Waals surface area contributed by atoms with Crippen molar-refractivity contribution in [2.45, 2.75) is 24.7 Å². The minimum atomic E-state index is -0.567. The summed E-state index contributed by atoms with van der Waals surface area (Å²) in [5.41, 5.74) is 2.59. The van der Waals surface area contributed by atoms with Crippen molar-refractivity contribution in [2.24, 2.45) is 5.92 Å². The number of halogens is 1. The second kappa shape index (κ2) is 9.26. The van der Waals surface area contributed by atoms with E-state index < -0.39 is 5.41 Å². The van der Waals surface area contributed by atoms with Crippen LogP contribution in [-0.2, 0) is 26.1 Å². The first-order valence-corrected chi connectivity index (χ1v) is 11.7. The summed E-state index contributed by atoms with van der Waals surface area (Å²) in [7, 11) is 0. The third-order valence-corrected chi connectivity index (χ3v) is 7.12. The zero-order valence-corrected chi connectivity index (χ0v) is 18.9. The van der Waals surface area contributed by atoms with Gasteiger partial charge in [0.2, 0.25) is 5.91 Å². The predicted octanol–water partition coefficient (Wildman–Crippen LogP) is 4.85. The van der Waals surface area contributed by atoms with Crippen LogP contribution in [0.15, 0.2) is 59.2 Å². The lowest BCUT2D eigenvalue weighted by Crippen LogP contribution is -2.51. The van der Waals surface area contributed by atoms with Crippen LogP contribution in [0.3, 0.4) is 0 Å². The molecule has 5 rings (SSSR count). The molecule has 2 aliphatic heterocycles. The highest BCUT2D eigenvalue weighted by Crippen LogP contribution is 2.38. The van der Waals surface area contributed by atoms with Crippen molar-refractivity contribution in [3.63, 3.8) is 0 Å². The number of ether oxygens (including phenoxy) is 2. The molecule has 0 saturated carbocycles. The first kappa shape index (κ1) is 21.5. The van der Waals surface area contributed by atoms with Gasteiger partial charge in [-0.15, -0.1) is 0 Å². The van der Waals surface area contributed by atoms with Gasteiger partial charge in [0.05, 0.1) is 24.9 Å². The molecule has 0 radical (unpaired) electrons. The van der Waals surface area contributed by atoms with Crippen LogP contribution in [0.5, 0.6) is 0 Å². The zero-order chi connectivity index (χ0) is 22.0. The van der Waals surface area contributed by atoms with Gasteiger partial charge in [0, 0.05) is 42.6 Å². The van der Waals surface area contributed by atoms with Crippen molar-refractivity contribution in [3.05, 3.63) is 70.9 Å². The summed E-state index contributed by atoms with van der Waals surface area (Å²) in [4.78, 5) is 16.1. The Hall–Kier alpha value is -2.34. The normalized spacial score (nSPS) is 21.4. The van der Waals surface area contributed by atoms with E-state index in [4.69, 9.17) is 25.5 Å². The van der Waals surface area contributed by atoms with Crippen LogP contribution in [0.25, 0.3) is 11.0 Å². The molecule has 0 unspecified atom stereocenters. The van der Waals surface area contributed by atoms with E-state index in [-0.39, 0.29) is 11.8 Å². The maximum Gasteiger partial charge on any atom is 0.233 e. The lowest BCUT2D eigenvalue weighted by molar-refractivity contribution is -0.141. The fourth-order valence-corrected chi connectivity index (χ4v) is 5.28. The molecule has 1 amide bonds. The summed E-state index contributed by atoms with van der Waals surface area (Å²) < 4.78 is 17.1. The van der Waals surface area contributed by atoms with E-state index >= 15 is 0 Å². The fraction of sp³-hybridized carbons (Fsp3) is 0.423. The van der Waals surface area contributed by atoms with Gasteiger partial charge >= 0.3 is 0 Å². The number of rotatable bonds is 4. The number of hydrogen-bond acceptors (Lipinski definition) is 4. The summed E-state index contributed by atoms with van der Waals surface area (Å²) >= 11 is 6.13. The van der Waals surface area contributed by atoms with Crippen LogP contribution >= 0.6 is 11.6 Å². The van der Waals surface area contributed by atoms with Gasteiger partial charge in [-0.25, -0.2) is 0 Å². The quantitative estimate of drug-likeness (QED) is 0.566. The molecule has 5 nitrogen and oxygen atoms in total. The van der Waals surface area contributed by atoms with Crippen molar-refractivity contribution in [1.82, 2.24) is 4.90 Å². The summed E-state index contributed by atoms with van der Waals surface area (Å²) in [6, 6.07) is 15.9. The minimum absolute atomic E-state index is 0.181. The van der Waals surface area contributed by atoms with Gasteiger partial charge in [-0.2, -0.15) is 0 Å². The molecule has 32 heavy (non-hydrogen) atoms. The van der Waals surface area contributed by atoms with Crippen LogP contribution in [0.1, 0.15) is 24.0 Å². The van der Waals surface area contributed by atoms with Crippen LogP contribution in [-0.4, -0.2) is 50.3 Å². The van der Waals surface area contributed by atoms with E-state index in [0.717, 1.165) is 23.0 Å². The van der Waals surface area contributed by atoms with E-state index in [0.29, 0.717) is 57.4 Å². The molecule has 0 spiro atoms. The highest BCUT2D eigenvalue weighted by Gasteiger charge is 2.44. The number of carbonyl (C=O) groups is 1. The molecule has 0 bridgehead atoms. The van der Waals surface area contributed by atoms with E-state index in [1.54, 1.807) is 6.26 Å². The molecule has 2 aromatic carbocycles. The molecule has 0 aliphatic carbocycles. The Morgan fingerprint density at radius 1 is 1.03 bits per heavy atom. The highest BCUT2D eigenvalue weighted by atomic mass is 35.5. The second-order valence-electron chi connectivity index (χ2n) is 8.85. The highest BCUT2D eigenvalue weighted by molar-refractivity contribution is 6.30. The Kier molecular flexibility index (Phi) is 6.22.